The topological polar surface area (TPSA) is 113 Å². The van der Waals surface area contributed by atoms with Crippen LogP contribution >= 0.6 is 11.6 Å². The molecule has 0 bridgehead atoms. The average molecular weight is 419 g/mol. The van der Waals surface area contributed by atoms with E-state index in [-0.39, 0.29) is 17.5 Å². The van der Waals surface area contributed by atoms with Crippen LogP contribution in [0.4, 0.5) is 11.4 Å². The molecule has 1 unspecified atom stereocenters. The Hall–Kier alpha value is -3.13. The second-order valence-corrected chi connectivity index (χ2v) is 7.10. The number of nitro benzene ring substituents is 1. The third-order valence-corrected chi connectivity index (χ3v) is 4.52. The number of non-ortho nitro benzene ring substituents is 1. The van der Waals surface area contributed by atoms with Crippen molar-refractivity contribution in [2.45, 2.75) is 19.9 Å². The minimum Gasteiger partial charge on any atom is -0.383 e. The zero-order valence-electron chi connectivity index (χ0n) is 16.1. The van der Waals surface area contributed by atoms with Crippen LogP contribution in [0.3, 0.4) is 0 Å². The Morgan fingerprint density at radius 1 is 1.07 bits per heavy atom. The van der Waals surface area contributed by atoms with Crippen LogP contribution < -0.4 is 16.0 Å². The molecule has 154 valence electrons. The molecule has 2 amide bonds. The molecule has 0 saturated carbocycles. The van der Waals surface area contributed by atoms with Gasteiger partial charge in [-0.2, -0.15) is 0 Å². The van der Waals surface area contributed by atoms with E-state index >= 15 is 0 Å². The Bertz CT molecular complexity index is 871. The standard InChI is InChI=1S/C20H23ClN4O4/c1-13(2)18(24-19(26)16-5-3-4-6-17(16)21)20(27)23-12-11-22-14-7-9-15(10-8-14)25(28)29/h3-10,13,18,22H,11-12H2,1-2H3,(H,23,27)(H,24,26). The third-order valence-electron chi connectivity index (χ3n) is 4.19. The minimum atomic E-state index is -0.710. The summed E-state index contributed by atoms with van der Waals surface area (Å²) in [6.45, 7) is 4.42. The number of amides is 2. The molecule has 9 heteroatoms. The molecule has 2 rings (SSSR count). The molecule has 0 saturated heterocycles. The van der Waals surface area contributed by atoms with Gasteiger partial charge >= 0.3 is 0 Å². The van der Waals surface area contributed by atoms with Crippen LogP contribution in [-0.4, -0.2) is 35.9 Å². The maximum atomic E-state index is 12.5. The summed E-state index contributed by atoms with van der Waals surface area (Å²) in [5.41, 5.74) is 1.03. The first-order valence-electron chi connectivity index (χ1n) is 9.11. The molecule has 0 fully saturated rings. The van der Waals surface area contributed by atoms with E-state index in [1.165, 1.54) is 12.1 Å². The summed E-state index contributed by atoms with van der Waals surface area (Å²) < 4.78 is 0. The van der Waals surface area contributed by atoms with Crippen LogP contribution in [0.25, 0.3) is 0 Å². The van der Waals surface area contributed by atoms with Crippen molar-refractivity contribution in [3.8, 4) is 0 Å². The largest absolute Gasteiger partial charge is 0.383 e. The lowest BCUT2D eigenvalue weighted by Gasteiger charge is -2.22. The fourth-order valence-electron chi connectivity index (χ4n) is 2.60. The van der Waals surface area contributed by atoms with Crippen molar-refractivity contribution < 1.29 is 14.5 Å². The lowest BCUT2D eigenvalue weighted by molar-refractivity contribution is -0.384. The first-order chi connectivity index (χ1) is 13.8. The fraction of sp³-hybridized carbons (Fsp3) is 0.300. The lowest BCUT2D eigenvalue weighted by Crippen LogP contribution is -2.50. The highest BCUT2D eigenvalue weighted by molar-refractivity contribution is 6.33. The summed E-state index contributed by atoms with van der Waals surface area (Å²) in [7, 11) is 0. The normalized spacial score (nSPS) is 11.6. The Morgan fingerprint density at radius 3 is 2.31 bits per heavy atom. The van der Waals surface area contributed by atoms with Gasteiger partial charge in [0.1, 0.15) is 6.04 Å². The smallest absolute Gasteiger partial charge is 0.269 e. The molecule has 8 nitrogen and oxygen atoms in total. The van der Waals surface area contributed by atoms with E-state index in [2.05, 4.69) is 16.0 Å². The van der Waals surface area contributed by atoms with Crippen molar-refractivity contribution >= 4 is 34.8 Å². The second-order valence-electron chi connectivity index (χ2n) is 6.70. The summed E-state index contributed by atoms with van der Waals surface area (Å²) in [5.74, 6) is -0.830. The van der Waals surface area contributed by atoms with Crippen molar-refractivity contribution in [2.75, 3.05) is 18.4 Å². The summed E-state index contributed by atoms with van der Waals surface area (Å²) in [6.07, 6.45) is 0. The highest BCUT2D eigenvalue weighted by atomic mass is 35.5. The van der Waals surface area contributed by atoms with E-state index in [4.69, 9.17) is 11.6 Å². The van der Waals surface area contributed by atoms with Gasteiger partial charge in [0.05, 0.1) is 15.5 Å². The van der Waals surface area contributed by atoms with Crippen LogP contribution in [-0.2, 0) is 4.79 Å². The van der Waals surface area contributed by atoms with Gasteiger partial charge in [-0.05, 0) is 30.2 Å². The van der Waals surface area contributed by atoms with Gasteiger partial charge in [-0.15, -0.1) is 0 Å². The number of nitrogens with zero attached hydrogens (tertiary/aromatic N) is 1. The molecule has 0 aliphatic heterocycles. The van der Waals surface area contributed by atoms with Crippen LogP contribution in [0.1, 0.15) is 24.2 Å². The summed E-state index contributed by atoms with van der Waals surface area (Å²) in [4.78, 5) is 35.1. The number of anilines is 1. The molecule has 0 heterocycles. The van der Waals surface area contributed by atoms with Gasteiger partial charge in [-0.3, -0.25) is 19.7 Å². The summed E-state index contributed by atoms with van der Waals surface area (Å²) >= 11 is 6.04. The Labute approximate surface area is 173 Å². The number of hydrogen-bond donors (Lipinski definition) is 3. The van der Waals surface area contributed by atoms with Gasteiger partial charge in [-0.25, -0.2) is 0 Å². The van der Waals surface area contributed by atoms with Gasteiger partial charge in [-0.1, -0.05) is 37.6 Å². The summed E-state index contributed by atoms with van der Waals surface area (Å²) in [5, 5.41) is 19.5. The van der Waals surface area contributed by atoms with Crippen LogP contribution in [0.15, 0.2) is 48.5 Å². The molecular formula is C20H23ClN4O4. The molecule has 1 atom stereocenters. The molecular weight excluding hydrogens is 396 g/mol. The summed E-state index contributed by atoms with van der Waals surface area (Å²) in [6, 6.07) is 11.9. The van der Waals surface area contributed by atoms with Gasteiger partial charge in [0, 0.05) is 30.9 Å². The monoisotopic (exact) mass is 418 g/mol. The number of nitro groups is 1. The first-order valence-corrected chi connectivity index (χ1v) is 9.49. The van der Waals surface area contributed by atoms with Crippen molar-refractivity contribution in [1.29, 1.82) is 0 Å². The number of benzene rings is 2. The van der Waals surface area contributed by atoms with Crippen LogP contribution in [0, 0.1) is 16.0 Å². The van der Waals surface area contributed by atoms with Crippen molar-refractivity contribution in [2.24, 2.45) is 5.92 Å². The van der Waals surface area contributed by atoms with E-state index in [1.54, 1.807) is 36.4 Å². The molecule has 3 N–H and O–H groups in total. The van der Waals surface area contributed by atoms with Gasteiger partial charge in [0.2, 0.25) is 5.91 Å². The quantitative estimate of drug-likeness (QED) is 0.328. The molecule has 0 aliphatic rings. The predicted molar refractivity (Wildman–Crippen MR) is 112 cm³/mol. The van der Waals surface area contributed by atoms with E-state index in [0.717, 1.165) is 0 Å². The number of halogens is 1. The number of hydrogen-bond acceptors (Lipinski definition) is 5. The molecule has 0 spiro atoms. The maximum Gasteiger partial charge on any atom is 0.269 e. The molecule has 29 heavy (non-hydrogen) atoms. The average Bonchev–Trinajstić information content (AvgIpc) is 2.69. The maximum absolute atomic E-state index is 12.5. The van der Waals surface area contributed by atoms with Gasteiger partial charge in [0.15, 0.2) is 0 Å². The van der Waals surface area contributed by atoms with Gasteiger partial charge in [0.25, 0.3) is 11.6 Å². The van der Waals surface area contributed by atoms with Crippen molar-refractivity contribution in [1.82, 2.24) is 10.6 Å². The van der Waals surface area contributed by atoms with E-state index in [0.29, 0.717) is 29.4 Å². The first kappa shape index (κ1) is 22.2. The third kappa shape index (κ3) is 6.46. The number of carbonyl (C=O) groups is 2. The zero-order chi connectivity index (χ0) is 21.4. The lowest BCUT2D eigenvalue weighted by atomic mass is 10.0. The van der Waals surface area contributed by atoms with Gasteiger partial charge < -0.3 is 16.0 Å². The van der Waals surface area contributed by atoms with E-state index < -0.39 is 16.9 Å². The van der Waals surface area contributed by atoms with E-state index in [9.17, 15) is 19.7 Å². The molecule has 2 aromatic carbocycles. The number of nitrogens with one attached hydrogen (secondary N) is 3. The van der Waals surface area contributed by atoms with Crippen molar-refractivity contribution in [3.63, 3.8) is 0 Å². The fourth-order valence-corrected chi connectivity index (χ4v) is 2.82. The number of carbonyl (C=O) groups excluding carboxylic acids is 2. The Balaban J connectivity index is 1.85. The molecule has 0 radical (unpaired) electrons. The van der Waals surface area contributed by atoms with E-state index in [1.807, 2.05) is 13.8 Å². The molecule has 2 aromatic rings. The zero-order valence-corrected chi connectivity index (χ0v) is 16.9. The predicted octanol–water partition coefficient (Wildman–Crippen LogP) is 3.23. The van der Waals surface area contributed by atoms with Crippen LogP contribution in [0.5, 0.6) is 0 Å². The second kappa shape index (κ2) is 10.4. The molecule has 0 aromatic heterocycles. The Morgan fingerprint density at radius 2 is 1.72 bits per heavy atom. The Kier molecular flexibility index (Phi) is 7.97. The number of rotatable bonds is 9. The van der Waals surface area contributed by atoms with Crippen molar-refractivity contribution in [3.05, 3.63) is 69.2 Å². The minimum absolute atomic E-state index is 0.0119. The SMILES string of the molecule is CC(C)C(NC(=O)c1ccccc1Cl)C(=O)NCCNc1ccc([N+](=O)[O-])cc1. The molecule has 0 aliphatic carbocycles. The van der Waals surface area contributed by atoms with Crippen LogP contribution in [0.2, 0.25) is 5.02 Å². The highest BCUT2D eigenvalue weighted by Gasteiger charge is 2.25. The highest BCUT2D eigenvalue weighted by Crippen LogP contribution is 2.16.